The minimum absolute atomic E-state index is 0.203. The van der Waals surface area contributed by atoms with Crippen molar-refractivity contribution in [2.75, 3.05) is 0 Å². The molecule has 114 valence electrons. The molecule has 0 bridgehead atoms. The summed E-state index contributed by atoms with van der Waals surface area (Å²) in [5, 5.41) is 15.0. The van der Waals surface area contributed by atoms with E-state index in [1.165, 1.54) is 0 Å². The molecule has 5 heteroatoms. The molecule has 2 aromatic carbocycles. The summed E-state index contributed by atoms with van der Waals surface area (Å²) in [6.07, 6.45) is 0. The zero-order valence-corrected chi connectivity index (χ0v) is 13.7. The van der Waals surface area contributed by atoms with Crippen molar-refractivity contribution >= 4 is 35.6 Å². The number of benzene rings is 2. The quantitative estimate of drug-likeness (QED) is 0.501. The van der Waals surface area contributed by atoms with Crippen molar-refractivity contribution in [1.82, 2.24) is 5.32 Å². The molecule has 0 aliphatic carbocycles. The average molecular weight is 333 g/mol. The Hall–Kier alpha value is -2.04. The molecule has 0 amide bonds. The smallest absolute Gasteiger partial charge is 0.115 e. The van der Waals surface area contributed by atoms with Crippen LogP contribution in [-0.4, -0.2) is 5.11 Å². The predicted molar refractivity (Wildman–Crippen MR) is 96.4 cm³/mol. The van der Waals surface area contributed by atoms with Crippen molar-refractivity contribution < 1.29 is 5.11 Å². The molecule has 0 unspecified atom stereocenters. The van der Waals surface area contributed by atoms with Crippen LogP contribution in [0.3, 0.4) is 0 Å². The molecule has 22 heavy (non-hydrogen) atoms. The average Bonchev–Trinajstić information content (AvgIpc) is 2.53. The topological polar surface area (TPSA) is 58.3 Å². The molecule has 0 aromatic heterocycles. The first-order valence-electron chi connectivity index (χ1n) is 6.64. The lowest BCUT2D eigenvalue weighted by Gasteiger charge is -2.16. The zero-order chi connectivity index (χ0) is 16.1. The van der Waals surface area contributed by atoms with Gasteiger partial charge in [-0.1, -0.05) is 23.7 Å². The van der Waals surface area contributed by atoms with Crippen LogP contribution in [0.2, 0.25) is 5.02 Å². The summed E-state index contributed by atoms with van der Waals surface area (Å²) in [5.41, 5.74) is 10.2. The van der Waals surface area contributed by atoms with Crippen LogP contribution in [0, 0.1) is 0 Å². The molecule has 0 radical (unpaired) electrons. The Kier molecular flexibility index (Phi) is 5.41. The van der Waals surface area contributed by atoms with Gasteiger partial charge in [0.15, 0.2) is 0 Å². The van der Waals surface area contributed by atoms with Crippen LogP contribution < -0.4 is 11.1 Å². The highest BCUT2D eigenvalue weighted by Gasteiger charge is 2.09. The third-order valence-corrected chi connectivity index (χ3v) is 3.74. The van der Waals surface area contributed by atoms with Crippen LogP contribution in [0.15, 0.2) is 59.6 Å². The van der Waals surface area contributed by atoms with E-state index in [-0.39, 0.29) is 5.75 Å². The van der Waals surface area contributed by atoms with Crippen molar-refractivity contribution in [1.29, 1.82) is 0 Å². The van der Waals surface area contributed by atoms with E-state index in [4.69, 9.17) is 17.3 Å². The van der Waals surface area contributed by atoms with Gasteiger partial charge in [-0.05, 0) is 54.3 Å². The number of nitrogens with two attached hydrogens (primary N) is 1. The number of phenols is 1. The van der Waals surface area contributed by atoms with Crippen molar-refractivity contribution in [3.05, 3.63) is 75.8 Å². The molecule has 0 saturated heterocycles. The first-order valence-corrected chi connectivity index (χ1v) is 7.54. The van der Waals surface area contributed by atoms with E-state index in [2.05, 4.69) is 17.9 Å². The molecular weight excluding hydrogens is 316 g/mol. The molecule has 0 spiro atoms. The van der Waals surface area contributed by atoms with E-state index < -0.39 is 0 Å². The SMILES string of the molecule is C/C(=C/S)N/C(=C(\N)c1ccc(Cl)cc1)c1ccc(O)cc1. The third kappa shape index (κ3) is 4.00. The van der Waals surface area contributed by atoms with Gasteiger partial charge < -0.3 is 16.2 Å². The van der Waals surface area contributed by atoms with Crippen molar-refractivity contribution in [2.45, 2.75) is 6.92 Å². The number of rotatable bonds is 4. The van der Waals surface area contributed by atoms with Gasteiger partial charge in [-0.15, -0.1) is 12.6 Å². The maximum absolute atomic E-state index is 9.45. The standard InChI is InChI=1S/C17H17ClN2OS/c1-11(10-22)20-17(13-4-8-15(21)9-5-13)16(19)12-2-6-14(18)7-3-12/h2-10,20-22H,19H2,1H3/b11-10-,17-16-. The van der Waals surface area contributed by atoms with Gasteiger partial charge in [0, 0.05) is 16.3 Å². The Morgan fingerprint density at radius 1 is 1.09 bits per heavy atom. The molecule has 0 heterocycles. The highest BCUT2D eigenvalue weighted by molar-refractivity contribution is 7.83. The van der Waals surface area contributed by atoms with Gasteiger partial charge in [-0.2, -0.15) is 0 Å². The van der Waals surface area contributed by atoms with Crippen molar-refractivity contribution in [2.24, 2.45) is 5.73 Å². The number of nitrogens with one attached hydrogen (secondary N) is 1. The Morgan fingerprint density at radius 3 is 2.18 bits per heavy atom. The van der Waals surface area contributed by atoms with Crippen LogP contribution >= 0.6 is 24.2 Å². The Bertz CT molecular complexity index is 706. The normalized spacial score (nSPS) is 12.8. The number of allylic oxidation sites excluding steroid dienone is 1. The maximum Gasteiger partial charge on any atom is 0.115 e. The highest BCUT2D eigenvalue weighted by atomic mass is 35.5. The summed E-state index contributed by atoms with van der Waals surface area (Å²) in [7, 11) is 0. The first kappa shape index (κ1) is 16.3. The van der Waals surface area contributed by atoms with Crippen LogP contribution in [0.25, 0.3) is 11.4 Å². The largest absolute Gasteiger partial charge is 0.508 e. The third-order valence-electron chi connectivity index (χ3n) is 3.10. The van der Waals surface area contributed by atoms with Crippen molar-refractivity contribution in [3.8, 4) is 5.75 Å². The van der Waals surface area contributed by atoms with E-state index in [1.54, 1.807) is 41.8 Å². The predicted octanol–water partition coefficient (Wildman–Crippen LogP) is 4.21. The fourth-order valence-electron chi connectivity index (χ4n) is 1.93. The van der Waals surface area contributed by atoms with E-state index >= 15 is 0 Å². The van der Waals surface area contributed by atoms with E-state index in [0.29, 0.717) is 10.7 Å². The molecule has 0 fully saturated rings. The Labute approximate surface area is 140 Å². The molecule has 0 atom stereocenters. The number of hydrogen-bond donors (Lipinski definition) is 4. The van der Waals surface area contributed by atoms with Gasteiger partial charge in [0.05, 0.1) is 11.4 Å². The summed E-state index contributed by atoms with van der Waals surface area (Å²) in [4.78, 5) is 0. The number of phenolic OH excluding ortho intramolecular Hbond substituents is 1. The van der Waals surface area contributed by atoms with Gasteiger partial charge in [-0.3, -0.25) is 0 Å². The van der Waals surface area contributed by atoms with Crippen LogP contribution in [-0.2, 0) is 0 Å². The van der Waals surface area contributed by atoms with E-state index in [0.717, 1.165) is 22.5 Å². The molecule has 2 rings (SSSR count). The number of aromatic hydroxyl groups is 1. The maximum atomic E-state index is 9.45. The molecule has 4 N–H and O–H groups in total. The Morgan fingerprint density at radius 2 is 1.64 bits per heavy atom. The number of thiol groups is 1. The summed E-state index contributed by atoms with van der Waals surface area (Å²) in [5.74, 6) is 0.203. The second-order valence-corrected chi connectivity index (χ2v) is 5.47. The van der Waals surface area contributed by atoms with Crippen LogP contribution in [0.1, 0.15) is 18.1 Å². The van der Waals surface area contributed by atoms with Gasteiger partial charge in [-0.25, -0.2) is 0 Å². The van der Waals surface area contributed by atoms with Gasteiger partial charge in [0.2, 0.25) is 0 Å². The van der Waals surface area contributed by atoms with Gasteiger partial charge in [0.1, 0.15) is 5.75 Å². The summed E-state index contributed by atoms with van der Waals surface area (Å²) >= 11 is 10.1. The fourth-order valence-corrected chi connectivity index (χ4v) is 2.12. The molecule has 0 aliphatic rings. The highest BCUT2D eigenvalue weighted by Crippen LogP contribution is 2.24. The minimum Gasteiger partial charge on any atom is -0.508 e. The zero-order valence-electron chi connectivity index (χ0n) is 12.0. The molecule has 0 aliphatic heterocycles. The van der Waals surface area contributed by atoms with Gasteiger partial charge >= 0.3 is 0 Å². The lowest BCUT2D eigenvalue weighted by molar-refractivity contribution is 0.475. The van der Waals surface area contributed by atoms with Crippen LogP contribution in [0.4, 0.5) is 0 Å². The van der Waals surface area contributed by atoms with Crippen LogP contribution in [0.5, 0.6) is 5.75 Å². The van der Waals surface area contributed by atoms with Gasteiger partial charge in [0.25, 0.3) is 0 Å². The second-order valence-electron chi connectivity index (χ2n) is 4.78. The lowest BCUT2D eigenvalue weighted by atomic mass is 10.0. The fraction of sp³-hybridized carbons (Fsp3) is 0.0588. The number of halogens is 1. The second kappa shape index (κ2) is 7.29. The monoisotopic (exact) mass is 332 g/mol. The van der Waals surface area contributed by atoms with E-state index in [1.807, 2.05) is 19.1 Å². The molecule has 0 saturated carbocycles. The van der Waals surface area contributed by atoms with E-state index in [9.17, 15) is 5.11 Å². The van der Waals surface area contributed by atoms with Crippen molar-refractivity contribution in [3.63, 3.8) is 0 Å². The lowest BCUT2D eigenvalue weighted by Crippen LogP contribution is -2.15. The molecule has 3 nitrogen and oxygen atoms in total. The Balaban J connectivity index is 2.53. The minimum atomic E-state index is 0.203. The summed E-state index contributed by atoms with van der Waals surface area (Å²) < 4.78 is 0. The number of hydrogen-bond acceptors (Lipinski definition) is 4. The molecular formula is C17H17ClN2OS. The summed E-state index contributed by atoms with van der Waals surface area (Å²) in [6, 6.07) is 14.1. The molecule has 2 aromatic rings. The first-order chi connectivity index (χ1) is 10.5. The summed E-state index contributed by atoms with van der Waals surface area (Å²) in [6.45, 7) is 1.89.